The van der Waals surface area contributed by atoms with Gasteiger partial charge in [0.15, 0.2) is 5.78 Å². The summed E-state index contributed by atoms with van der Waals surface area (Å²) in [6, 6.07) is 9.87. The van der Waals surface area contributed by atoms with Crippen LogP contribution in [0.5, 0.6) is 0 Å². The van der Waals surface area contributed by atoms with E-state index in [2.05, 4.69) is 32.7 Å². The van der Waals surface area contributed by atoms with Crippen LogP contribution in [0.2, 0.25) is 0 Å². The first kappa shape index (κ1) is 33.6. The summed E-state index contributed by atoms with van der Waals surface area (Å²) < 4.78 is 34.9. The molecule has 0 radical (unpaired) electrons. The van der Waals surface area contributed by atoms with Crippen LogP contribution in [0.3, 0.4) is 0 Å². The molecule has 4 heterocycles. The molecule has 0 spiro atoms. The van der Waals surface area contributed by atoms with Gasteiger partial charge in [0.25, 0.3) is 0 Å². The van der Waals surface area contributed by atoms with Gasteiger partial charge < -0.3 is 24.5 Å². The molecular formula is C39H42F2N6O3. The molecule has 0 bridgehead atoms. The fraction of sp³-hybridized carbons (Fsp3) is 0.359. The summed E-state index contributed by atoms with van der Waals surface area (Å²) in [5.74, 6) is -2.38. The van der Waals surface area contributed by atoms with Gasteiger partial charge in [-0.2, -0.15) is 0 Å². The quantitative estimate of drug-likeness (QED) is 0.151. The van der Waals surface area contributed by atoms with Crippen LogP contribution >= 0.6 is 0 Å². The molecule has 2 aromatic heterocycles. The summed E-state index contributed by atoms with van der Waals surface area (Å²) in [5.41, 5.74) is 5.62. The Morgan fingerprint density at radius 2 is 1.82 bits per heavy atom. The first-order chi connectivity index (χ1) is 23.7. The SMILES string of the molecule is Cc1cc2c(nc(C)n2C)c2c1-c1cccc3c(C(=O)c4cc(F)c(NC(=O)/C=C/CN5CCC[C@H]5C(C)(C)O)c(F)c4)cn(c13)CCN2C. The maximum absolute atomic E-state index is 15.4. The van der Waals surface area contributed by atoms with Crippen molar-refractivity contribution < 1.29 is 23.5 Å². The Hall–Kier alpha value is -4.87. The van der Waals surface area contributed by atoms with Crippen molar-refractivity contribution in [1.82, 2.24) is 19.0 Å². The Kier molecular flexibility index (Phi) is 8.39. The lowest BCUT2D eigenvalue weighted by Crippen LogP contribution is -2.45. The van der Waals surface area contributed by atoms with Gasteiger partial charge in [0.05, 0.1) is 22.3 Å². The number of para-hydroxylation sites is 1. The summed E-state index contributed by atoms with van der Waals surface area (Å²) in [5, 5.41) is 13.4. The maximum Gasteiger partial charge on any atom is 0.248 e. The van der Waals surface area contributed by atoms with Gasteiger partial charge >= 0.3 is 0 Å². The second-order valence-corrected chi connectivity index (χ2v) is 14.2. The molecule has 0 unspecified atom stereocenters. The molecule has 3 aromatic carbocycles. The van der Waals surface area contributed by atoms with Crippen LogP contribution < -0.4 is 10.2 Å². The number of likely N-dealkylation sites (N-methyl/N-ethyl adjacent to an activating group) is 1. The first-order valence-electron chi connectivity index (χ1n) is 17.0. The van der Waals surface area contributed by atoms with E-state index in [4.69, 9.17) is 4.98 Å². The van der Waals surface area contributed by atoms with E-state index < -0.39 is 34.6 Å². The average molecular weight is 681 g/mol. The van der Waals surface area contributed by atoms with Crippen LogP contribution in [-0.2, 0) is 18.4 Å². The Balaban J connectivity index is 1.19. The van der Waals surface area contributed by atoms with Crippen molar-refractivity contribution in [3.63, 3.8) is 0 Å². The zero-order chi connectivity index (χ0) is 35.6. The van der Waals surface area contributed by atoms with E-state index >= 15 is 8.78 Å². The second-order valence-electron chi connectivity index (χ2n) is 14.2. The zero-order valence-corrected chi connectivity index (χ0v) is 29.3. The van der Waals surface area contributed by atoms with Crippen LogP contribution in [0, 0.1) is 25.5 Å². The number of aryl methyl sites for hydroxylation is 3. The van der Waals surface area contributed by atoms with Crippen LogP contribution in [0.4, 0.5) is 20.2 Å². The number of benzene rings is 3. The van der Waals surface area contributed by atoms with Crippen LogP contribution in [-0.4, -0.2) is 74.1 Å². The molecular weight excluding hydrogens is 638 g/mol. The van der Waals surface area contributed by atoms with Gasteiger partial charge in [-0.1, -0.05) is 24.3 Å². The molecule has 1 fully saturated rings. The highest BCUT2D eigenvalue weighted by molar-refractivity contribution is 6.19. The Morgan fingerprint density at radius 3 is 2.54 bits per heavy atom. The fourth-order valence-corrected chi connectivity index (χ4v) is 7.83. The molecule has 1 amide bonds. The maximum atomic E-state index is 15.4. The molecule has 50 heavy (non-hydrogen) atoms. The molecule has 2 aliphatic rings. The Bertz CT molecular complexity index is 2200. The molecule has 2 aliphatic heterocycles. The molecule has 260 valence electrons. The van der Waals surface area contributed by atoms with Crippen molar-refractivity contribution in [2.24, 2.45) is 7.05 Å². The standard InChI is InChI=1S/C39H42F2N6O3/c1-22-18-30-35(42-23(2)45(30)6)37-33(22)26-11-7-10-25-27(21-47(36(25)26)17-16-44(37)5)38(49)24-19-28(40)34(29(41)20-24)43-32(48)13-9-15-46-14-8-12-31(46)39(3,4)50/h7,9-11,13,18-21,31,50H,8,12,14-17H2,1-6H3,(H,43,48)/b13-9+/t31-/m0/s1. The summed E-state index contributed by atoms with van der Waals surface area (Å²) >= 11 is 0. The number of hydrogen-bond donors (Lipinski definition) is 2. The van der Waals surface area contributed by atoms with E-state index in [0.29, 0.717) is 30.6 Å². The van der Waals surface area contributed by atoms with Crippen molar-refractivity contribution in [3.8, 4) is 11.1 Å². The smallest absolute Gasteiger partial charge is 0.248 e. The predicted molar refractivity (Wildman–Crippen MR) is 193 cm³/mol. The number of nitrogens with one attached hydrogen (secondary N) is 1. The number of nitrogens with zero attached hydrogens (tertiary/aromatic N) is 5. The number of hydrogen-bond acceptors (Lipinski definition) is 6. The number of amides is 1. The number of halogens is 2. The van der Waals surface area contributed by atoms with E-state index in [-0.39, 0.29) is 11.6 Å². The van der Waals surface area contributed by atoms with Crippen LogP contribution in [0.25, 0.3) is 33.1 Å². The van der Waals surface area contributed by atoms with E-state index in [9.17, 15) is 14.7 Å². The minimum Gasteiger partial charge on any atom is -0.389 e. The van der Waals surface area contributed by atoms with Gasteiger partial charge in [-0.25, -0.2) is 13.8 Å². The largest absolute Gasteiger partial charge is 0.389 e. The molecule has 0 aliphatic carbocycles. The van der Waals surface area contributed by atoms with Gasteiger partial charge in [-0.3, -0.25) is 14.5 Å². The summed E-state index contributed by atoms with van der Waals surface area (Å²) in [4.78, 5) is 35.8. The third-order valence-corrected chi connectivity index (χ3v) is 10.4. The van der Waals surface area contributed by atoms with Crippen molar-refractivity contribution in [2.45, 2.75) is 58.7 Å². The Morgan fingerprint density at radius 1 is 1.08 bits per heavy atom. The van der Waals surface area contributed by atoms with E-state index in [0.717, 1.165) is 76.3 Å². The summed E-state index contributed by atoms with van der Waals surface area (Å²) in [7, 11) is 4.06. The Labute approximate surface area is 289 Å². The average Bonchev–Trinajstić information content (AvgIpc) is 3.76. The highest BCUT2D eigenvalue weighted by Crippen LogP contribution is 2.44. The predicted octanol–water partition coefficient (Wildman–Crippen LogP) is 6.50. The van der Waals surface area contributed by atoms with E-state index in [1.807, 2.05) is 43.8 Å². The van der Waals surface area contributed by atoms with Gasteiger partial charge in [-0.05, 0) is 70.8 Å². The molecule has 1 atom stereocenters. The van der Waals surface area contributed by atoms with E-state index in [1.165, 1.54) is 6.08 Å². The molecule has 5 aromatic rings. The topological polar surface area (TPSA) is 95.6 Å². The number of carbonyl (C=O) groups excluding carboxylic acids is 2. The number of likely N-dealkylation sites (tertiary alicyclic amines) is 1. The van der Waals surface area contributed by atoms with Crippen molar-refractivity contribution in [3.05, 3.63) is 88.9 Å². The highest BCUT2D eigenvalue weighted by Gasteiger charge is 2.35. The second kappa shape index (κ2) is 12.5. The van der Waals surface area contributed by atoms with Crippen molar-refractivity contribution in [1.29, 1.82) is 0 Å². The number of ketones is 1. The molecule has 7 rings (SSSR count). The van der Waals surface area contributed by atoms with Gasteiger partial charge in [0, 0.05) is 79.7 Å². The summed E-state index contributed by atoms with van der Waals surface area (Å²) in [6.45, 7) is 10.0. The number of imidazole rings is 1. The number of aromatic nitrogens is 3. The number of anilines is 2. The summed E-state index contributed by atoms with van der Waals surface area (Å²) in [6.07, 6.45) is 6.41. The van der Waals surface area contributed by atoms with Crippen molar-refractivity contribution >= 4 is 45.0 Å². The van der Waals surface area contributed by atoms with Crippen LogP contribution in [0.1, 0.15) is 54.0 Å². The van der Waals surface area contributed by atoms with Crippen molar-refractivity contribution in [2.75, 3.05) is 36.9 Å². The van der Waals surface area contributed by atoms with E-state index in [1.54, 1.807) is 26.1 Å². The minimum absolute atomic E-state index is 0.0358. The fourth-order valence-electron chi connectivity index (χ4n) is 7.83. The molecule has 9 nitrogen and oxygen atoms in total. The molecule has 2 N–H and O–H groups in total. The number of aliphatic hydroxyl groups is 1. The highest BCUT2D eigenvalue weighted by atomic mass is 19.1. The molecule has 0 saturated carbocycles. The minimum atomic E-state index is -1.04. The van der Waals surface area contributed by atoms with Gasteiger partial charge in [-0.15, -0.1) is 0 Å². The first-order valence-corrected chi connectivity index (χ1v) is 17.0. The molecule has 1 saturated heterocycles. The number of fused-ring (bicyclic) bond motifs is 4. The normalized spacial score (nSPS) is 16.7. The number of rotatable bonds is 7. The lowest BCUT2D eigenvalue weighted by Gasteiger charge is -2.33. The van der Waals surface area contributed by atoms with Gasteiger partial charge in [0.1, 0.15) is 28.7 Å². The third-order valence-electron chi connectivity index (χ3n) is 10.4. The van der Waals surface area contributed by atoms with Crippen LogP contribution in [0.15, 0.2) is 54.7 Å². The lowest BCUT2D eigenvalue weighted by molar-refractivity contribution is -0.112. The monoisotopic (exact) mass is 680 g/mol. The third kappa shape index (κ3) is 5.68. The molecule has 11 heteroatoms. The lowest BCUT2D eigenvalue weighted by atomic mass is 9.93. The zero-order valence-electron chi connectivity index (χ0n) is 29.3. The van der Waals surface area contributed by atoms with Gasteiger partial charge in [0.2, 0.25) is 5.91 Å². The number of carbonyl (C=O) groups is 2.